The van der Waals surface area contributed by atoms with Gasteiger partial charge in [0.25, 0.3) is 11.8 Å². The largest absolute Gasteiger partial charge is 0.391 e. The summed E-state index contributed by atoms with van der Waals surface area (Å²) in [5.41, 5.74) is 0.965. The Morgan fingerprint density at radius 1 is 1.22 bits per heavy atom. The van der Waals surface area contributed by atoms with Gasteiger partial charge in [0.2, 0.25) is 0 Å². The van der Waals surface area contributed by atoms with Crippen LogP contribution < -0.4 is 5.32 Å². The SMILES string of the molecule is CCS(=O)(=O)c1ccc(CNC(=O)c2cc3c(s2)C(C)N(CC2CCC(C(F)(F)F)CC2)C3=O)nc1. The molecule has 1 aliphatic heterocycles. The molecule has 4 rings (SSSR count). The number of hydrogen-bond donors (Lipinski definition) is 1. The van der Waals surface area contributed by atoms with E-state index >= 15 is 0 Å². The fourth-order valence-electron chi connectivity index (χ4n) is 4.78. The van der Waals surface area contributed by atoms with Crippen LogP contribution in [0.3, 0.4) is 0 Å². The van der Waals surface area contributed by atoms with Crippen molar-refractivity contribution in [1.29, 1.82) is 0 Å². The van der Waals surface area contributed by atoms with Crippen LogP contribution in [0.5, 0.6) is 0 Å². The number of carbonyl (C=O) groups is 2. The number of carbonyl (C=O) groups excluding carboxylic acids is 2. The van der Waals surface area contributed by atoms with E-state index in [1.165, 1.54) is 23.6 Å². The summed E-state index contributed by atoms with van der Waals surface area (Å²) in [7, 11) is -3.35. The van der Waals surface area contributed by atoms with Crippen LogP contribution in [0.25, 0.3) is 0 Å². The van der Waals surface area contributed by atoms with Crippen molar-refractivity contribution < 1.29 is 31.2 Å². The van der Waals surface area contributed by atoms with Crippen LogP contribution in [0.15, 0.2) is 29.3 Å². The second-order valence-corrected chi connectivity index (χ2v) is 12.7. The Balaban J connectivity index is 1.34. The summed E-state index contributed by atoms with van der Waals surface area (Å²) in [6.07, 6.45) is -1.79. The maximum absolute atomic E-state index is 13.0. The molecule has 0 bridgehead atoms. The number of halogens is 3. The van der Waals surface area contributed by atoms with Crippen LogP contribution in [0.4, 0.5) is 13.2 Å². The van der Waals surface area contributed by atoms with Gasteiger partial charge in [-0.3, -0.25) is 14.6 Å². The van der Waals surface area contributed by atoms with Gasteiger partial charge in [-0.15, -0.1) is 11.3 Å². The van der Waals surface area contributed by atoms with Crippen molar-refractivity contribution in [2.24, 2.45) is 11.8 Å². The van der Waals surface area contributed by atoms with Gasteiger partial charge in [0.1, 0.15) is 0 Å². The molecule has 1 saturated carbocycles. The lowest BCUT2D eigenvalue weighted by Crippen LogP contribution is -2.35. The Morgan fingerprint density at radius 3 is 2.47 bits per heavy atom. The van der Waals surface area contributed by atoms with E-state index in [-0.39, 0.29) is 53.8 Å². The van der Waals surface area contributed by atoms with E-state index in [4.69, 9.17) is 0 Å². The number of sulfone groups is 1. The van der Waals surface area contributed by atoms with Crippen molar-refractivity contribution in [2.75, 3.05) is 12.3 Å². The lowest BCUT2D eigenvalue weighted by Gasteiger charge is -2.33. The normalized spacial score (nSPS) is 22.5. The van der Waals surface area contributed by atoms with Gasteiger partial charge in [-0.25, -0.2) is 8.42 Å². The van der Waals surface area contributed by atoms with Crippen LogP contribution in [-0.2, 0) is 16.4 Å². The first kappa shape index (κ1) is 26.6. The van der Waals surface area contributed by atoms with Crippen molar-refractivity contribution in [3.8, 4) is 0 Å². The smallest absolute Gasteiger partial charge is 0.346 e. The highest BCUT2D eigenvalue weighted by Crippen LogP contribution is 2.43. The molecule has 2 aliphatic rings. The van der Waals surface area contributed by atoms with Crippen LogP contribution in [0.2, 0.25) is 0 Å². The molecule has 0 spiro atoms. The molecule has 36 heavy (non-hydrogen) atoms. The predicted octanol–water partition coefficient (Wildman–Crippen LogP) is 4.75. The second kappa shape index (κ2) is 10.1. The number of pyridine rings is 1. The second-order valence-electron chi connectivity index (χ2n) is 9.35. The molecule has 2 aromatic heterocycles. The first-order valence-corrected chi connectivity index (χ1v) is 14.3. The van der Waals surface area contributed by atoms with E-state index in [1.807, 2.05) is 6.92 Å². The maximum atomic E-state index is 13.0. The number of nitrogens with one attached hydrogen (secondary N) is 1. The minimum Gasteiger partial charge on any atom is -0.346 e. The lowest BCUT2D eigenvalue weighted by atomic mass is 9.81. The zero-order chi connectivity index (χ0) is 26.3. The molecule has 3 heterocycles. The summed E-state index contributed by atoms with van der Waals surface area (Å²) in [5, 5.41) is 2.74. The first-order chi connectivity index (χ1) is 16.9. The Kier molecular flexibility index (Phi) is 7.47. The van der Waals surface area contributed by atoms with Crippen molar-refractivity contribution in [3.63, 3.8) is 0 Å². The quantitative estimate of drug-likeness (QED) is 0.544. The molecule has 196 valence electrons. The van der Waals surface area contributed by atoms with Crippen molar-refractivity contribution in [1.82, 2.24) is 15.2 Å². The van der Waals surface area contributed by atoms with E-state index in [0.29, 0.717) is 35.5 Å². The molecule has 1 unspecified atom stereocenters. The average molecular weight is 544 g/mol. The molecule has 2 amide bonds. The summed E-state index contributed by atoms with van der Waals surface area (Å²) in [6, 6.07) is 4.33. The van der Waals surface area contributed by atoms with Gasteiger partial charge >= 0.3 is 6.18 Å². The van der Waals surface area contributed by atoms with Crippen LogP contribution in [0.1, 0.15) is 76.2 Å². The predicted molar refractivity (Wildman–Crippen MR) is 128 cm³/mol. The number of aromatic nitrogens is 1. The van der Waals surface area contributed by atoms with Gasteiger partial charge in [0.05, 0.1) is 45.3 Å². The Bertz CT molecular complexity index is 1230. The number of hydrogen-bond acceptors (Lipinski definition) is 6. The number of fused-ring (bicyclic) bond motifs is 1. The van der Waals surface area contributed by atoms with Crippen molar-refractivity contribution >= 4 is 33.0 Å². The van der Waals surface area contributed by atoms with Gasteiger partial charge in [-0.05, 0) is 56.7 Å². The van der Waals surface area contributed by atoms with E-state index in [0.717, 1.165) is 4.88 Å². The van der Waals surface area contributed by atoms with Crippen molar-refractivity contribution in [3.05, 3.63) is 45.4 Å². The van der Waals surface area contributed by atoms with Gasteiger partial charge in [-0.1, -0.05) is 6.92 Å². The van der Waals surface area contributed by atoms with Crippen LogP contribution in [0, 0.1) is 11.8 Å². The molecule has 7 nitrogen and oxygen atoms in total. The standard InChI is InChI=1S/C24H28F3N3O4S2/c1-3-36(33,34)18-9-8-17(28-12-18)11-29-22(31)20-10-19-21(35-20)14(2)30(23(19)32)13-15-4-6-16(7-5-15)24(25,26)27/h8-10,12,14-16H,3-7,11,13H2,1-2H3,(H,29,31). The zero-order valence-electron chi connectivity index (χ0n) is 20.0. The number of nitrogens with zero attached hydrogens (tertiary/aromatic N) is 2. The van der Waals surface area contributed by atoms with Crippen molar-refractivity contribution in [2.45, 2.75) is 63.2 Å². The molecule has 1 N–H and O–H groups in total. The minimum atomic E-state index is -4.15. The molecule has 0 aromatic carbocycles. The van der Waals surface area contributed by atoms with Gasteiger partial charge < -0.3 is 10.2 Å². The summed E-state index contributed by atoms with van der Waals surface area (Å²) >= 11 is 1.23. The zero-order valence-corrected chi connectivity index (χ0v) is 21.6. The minimum absolute atomic E-state index is 0.0262. The third kappa shape index (κ3) is 5.44. The highest BCUT2D eigenvalue weighted by atomic mass is 32.2. The maximum Gasteiger partial charge on any atom is 0.391 e. The molecular formula is C24H28F3N3O4S2. The lowest BCUT2D eigenvalue weighted by molar-refractivity contribution is -0.184. The molecule has 0 saturated heterocycles. The van der Waals surface area contributed by atoms with E-state index < -0.39 is 21.9 Å². The number of rotatable bonds is 7. The fourth-order valence-corrected chi connectivity index (χ4v) is 6.74. The van der Waals surface area contributed by atoms with Crippen LogP contribution in [-0.4, -0.2) is 48.6 Å². The Hall–Kier alpha value is -2.47. The first-order valence-electron chi connectivity index (χ1n) is 11.9. The average Bonchev–Trinajstić information content (AvgIpc) is 3.38. The van der Waals surface area contributed by atoms with Gasteiger partial charge in [-0.2, -0.15) is 13.2 Å². The third-order valence-electron chi connectivity index (χ3n) is 7.05. The highest BCUT2D eigenvalue weighted by molar-refractivity contribution is 7.91. The highest BCUT2D eigenvalue weighted by Gasteiger charge is 2.43. The number of thiophene rings is 1. The molecule has 2 aromatic rings. The Labute approximate surface area is 212 Å². The molecule has 0 radical (unpaired) electrons. The number of amides is 2. The topological polar surface area (TPSA) is 96.4 Å². The summed E-state index contributed by atoms with van der Waals surface area (Å²) in [6.45, 7) is 3.95. The van der Waals surface area contributed by atoms with Gasteiger partial charge in [0.15, 0.2) is 9.84 Å². The number of alkyl halides is 3. The van der Waals surface area contributed by atoms with E-state index in [2.05, 4.69) is 10.3 Å². The van der Waals surface area contributed by atoms with E-state index in [9.17, 15) is 31.2 Å². The fraction of sp³-hybridized carbons (Fsp3) is 0.542. The molecule has 1 aliphatic carbocycles. The summed E-state index contributed by atoms with van der Waals surface area (Å²) < 4.78 is 62.6. The van der Waals surface area contributed by atoms with E-state index in [1.54, 1.807) is 24.0 Å². The molecule has 12 heteroatoms. The molecule has 1 fully saturated rings. The summed E-state index contributed by atoms with van der Waals surface area (Å²) in [5.74, 6) is -1.79. The monoisotopic (exact) mass is 543 g/mol. The summed E-state index contributed by atoms with van der Waals surface area (Å²) in [4.78, 5) is 32.8. The Morgan fingerprint density at radius 2 is 1.92 bits per heavy atom. The van der Waals surface area contributed by atoms with Gasteiger partial charge in [0, 0.05) is 17.6 Å². The molecule has 1 atom stereocenters. The third-order valence-corrected chi connectivity index (χ3v) is 10.1. The molecular weight excluding hydrogens is 515 g/mol. The van der Waals surface area contributed by atoms with Crippen LogP contribution >= 0.6 is 11.3 Å².